The summed E-state index contributed by atoms with van der Waals surface area (Å²) >= 11 is 0. The first-order valence-corrected chi connectivity index (χ1v) is 7.30. The Morgan fingerprint density at radius 2 is 2.00 bits per heavy atom. The zero-order chi connectivity index (χ0) is 15.1. The van der Waals surface area contributed by atoms with E-state index in [2.05, 4.69) is 5.32 Å². The molecule has 0 spiro atoms. The van der Waals surface area contributed by atoms with E-state index in [0.29, 0.717) is 0 Å². The first-order chi connectivity index (χ1) is 9.11. The summed E-state index contributed by atoms with van der Waals surface area (Å²) in [7, 11) is -4.13. The van der Waals surface area contributed by atoms with Gasteiger partial charge in [-0.25, -0.2) is 13.6 Å². The van der Waals surface area contributed by atoms with Crippen LogP contribution < -0.4 is 10.5 Å². The zero-order valence-electron chi connectivity index (χ0n) is 10.6. The average Bonchev–Trinajstić information content (AvgIpc) is 3.05. The van der Waals surface area contributed by atoms with Crippen molar-refractivity contribution in [2.24, 2.45) is 5.14 Å². The van der Waals surface area contributed by atoms with E-state index in [4.69, 9.17) is 5.14 Å². The molecule has 0 saturated heterocycles. The molecule has 0 bridgehead atoms. The van der Waals surface area contributed by atoms with Gasteiger partial charge in [-0.15, -0.1) is 0 Å². The van der Waals surface area contributed by atoms with Gasteiger partial charge >= 0.3 is 0 Å². The molecular formula is C11H13N3O5S. The van der Waals surface area contributed by atoms with Gasteiger partial charge in [0.15, 0.2) is 0 Å². The lowest BCUT2D eigenvalue weighted by atomic mass is 10.1. The lowest BCUT2D eigenvalue weighted by molar-refractivity contribution is -0.385. The van der Waals surface area contributed by atoms with E-state index in [1.165, 1.54) is 0 Å². The molecule has 9 heteroatoms. The summed E-state index contributed by atoms with van der Waals surface area (Å²) in [5.41, 5.74) is -0.914. The zero-order valence-corrected chi connectivity index (χ0v) is 11.4. The number of carbonyl (C=O) groups is 1. The van der Waals surface area contributed by atoms with Crippen LogP contribution in [-0.4, -0.2) is 24.8 Å². The van der Waals surface area contributed by atoms with Gasteiger partial charge in [-0.2, -0.15) is 0 Å². The van der Waals surface area contributed by atoms with E-state index >= 15 is 0 Å². The summed E-state index contributed by atoms with van der Waals surface area (Å²) in [6.07, 6.45) is 1.63. The Morgan fingerprint density at radius 1 is 1.40 bits per heavy atom. The number of nitro benzene ring substituents is 1. The van der Waals surface area contributed by atoms with Crippen molar-refractivity contribution in [3.8, 4) is 0 Å². The molecule has 0 atom stereocenters. The minimum absolute atomic E-state index is 0.101. The van der Waals surface area contributed by atoms with E-state index in [0.717, 1.165) is 31.0 Å². The number of hydrogen-bond donors (Lipinski definition) is 2. The Balaban J connectivity index is 2.44. The third kappa shape index (κ3) is 3.11. The number of carbonyl (C=O) groups excluding carboxylic acids is 1. The summed E-state index contributed by atoms with van der Waals surface area (Å²) in [5, 5.41) is 18.4. The number of benzene rings is 1. The number of rotatable bonds is 4. The summed E-state index contributed by atoms with van der Waals surface area (Å²) in [6, 6.07) is 2.88. The molecule has 2 rings (SSSR count). The fourth-order valence-corrected chi connectivity index (χ4v) is 2.22. The molecule has 1 aromatic rings. The van der Waals surface area contributed by atoms with E-state index in [-0.39, 0.29) is 11.1 Å². The maximum absolute atomic E-state index is 12.0. The molecule has 1 aliphatic carbocycles. The molecule has 20 heavy (non-hydrogen) atoms. The molecule has 8 nitrogen and oxygen atoms in total. The van der Waals surface area contributed by atoms with Crippen molar-refractivity contribution in [1.29, 1.82) is 0 Å². The van der Waals surface area contributed by atoms with Crippen LogP contribution in [0.3, 0.4) is 0 Å². The maximum Gasteiger partial charge on any atom is 0.271 e. The average molecular weight is 299 g/mol. The molecule has 1 aromatic carbocycles. The monoisotopic (exact) mass is 299 g/mol. The lowest BCUT2D eigenvalue weighted by Gasteiger charge is -2.11. The number of nitro groups is 1. The van der Waals surface area contributed by atoms with Crippen molar-refractivity contribution in [2.75, 3.05) is 0 Å². The highest BCUT2D eigenvalue weighted by atomic mass is 32.2. The molecule has 3 N–H and O–H groups in total. The predicted molar refractivity (Wildman–Crippen MR) is 69.6 cm³/mol. The molecule has 1 amide bonds. The number of primary sulfonamides is 1. The first kappa shape index (κ1) is 14.4. The second kappa shape index (κ2) is 4.53. The maximum atomic E-state index is 12.0. The summed E-state index contributed by atoms with van der Waals surface area (Å²) in [6.45, 7) is 1.84. The second-order valence-electron chi connectivity index (χ2n) is 5.03. The third-order valence-electron chi connectivity index (χ3n) is 3.11. The summed E-state index contributed by atoms with van der Waals surface area (Å²) in [5.74, 6) is -0.557. The minimum Gasteiger partial charge on any atom is -0.347 e. The topological polar surface area (TPSA) is 132 Å². The number of hydrogen-bond acceptors (Lipinski definition) is 5. The highest BCUT2D eigenvalue weighted by molar-refractivity contribution is 7.89. The summed E-state index contributed by atoms with van der Waals surface area (Å²) < 4.78 is 22.6. The molecule has 0 aromatic heterocycles. The molecule has 0 radical (unpaired) electrons. The van der Waals surface area contributed by atoms with Gasteiger partial charge in [0.2, 0.25) is 10.0 Å². The van der Waals surface area contributed by atoms with Crippen LogP contribution in [0.25, 0.3) is 0 Å². The molecule has 1 aliphatic rings. The van der Waals surface area contributed by atoms with E-state index in [9.17, 15) is 23.3 Å². The van der Waals surface area contributed by atoms with Crippen LogP contribution in [0.5, 0.6) is 0 Å². The molecule has 0 heterocycles. The number of amides is 1. The van der Waals surface area contributed by atoms with Gasteiger partial charge in [0, 0.05) is 23.2 Å². The standard InChI is InChI=1S/C11H13N3O5S/c1-11(2-3-11)13-10(15)7-4-8(14(16)17)6-9(5-7)20(12,18)19/h4-6H,2-3H2,1H3,(H,13,15)(H2,12,18,19). The number of nitrogens with zero attached hydrogens (tertiary/aromatic N) is 1. The van der Waals surface area contributed by atoms with Crippen molar-refractivity contribution >= 4 is 21.6 Å². The van der Waals surface area contributed by atoms with Crippen LogP contribution in [0, 0.1) is 10.1 Å². The SMILES string of the molecule is CC1(NC(=O)c2cc([N+](=O)[O-])cc(S(N)(=O)=O)c2)CC1. The Kier molecular flexibility index (Phi) is 3.26. The Labute approximate surface area is 115 Å². The Morgan fingerprint density at radius 3 is 2.45 bits per heavy atom. The third-order valence-corrected chi connectivity index (χ3v) is 4.00. The van der Waals surface area contributed by atoms with Crippen molar-refractivity contribution in [1.82, 2.24) is 5.32 Å². The van der Waals surface area contributed by atoms with Crippen molar-refractivity contribution < 1.29 is 18.1 Å². The van der Waals surface area contributed by atoms with Gasteiger partial charge in [-0.3, -0.25) is 14.9 Å². The largest absolute Gasteiger partial charge is 0.347 e. The fraction of sp³-hybridized carbons (Fsp3) is 0.364. The van der Waals surface area contributed by atoms with Gasteiger partial charge in [0.1, 0.15) is 0 Å². The van der Waals surface area contributed by atoms with Crippen molar-refractivity contribution in [3.05, 3.63) is 33.9 Å². The normalized spacial score (nSPS) is 16.5. The van der Waals surface area contributed by atoms with Crippen LogP contribution in [0.2, 0.25) is 0 Å². The van der Waals surface area contributed by atoms with Crippen LogP contribution >= 0.6 is 0 Å². The van der Waals surface area contributed by atoms with Gasteiger partial charge in [0.25, 0.3) is 11.6 Å². The second-order valence-corrected chi connectivity index (χ2v) is 6.59. The van der Waals surface area contributed by atoms with E-state index < -0.39 is 31.4 Å². The van der Waals surface area contributed by atoms with Crippen LogP contribution in [0.4, 0.5) is 5.69 Å². The smallest absolute Gasteiger partial charge is 0.271 e. The van der Waals surface area contributed by atoms with Crippen LogP contribution in [-0.2, 0) is 10.0 Å². The van der Waals surface area contributed by atoms with Gasteiger partial charge in [-0.1, -0.05) is 0 Å². The molecular weight excluding hydrogens is 286 g/mol. The highest BCUT2D eigenvalue weighted by Crippen LogP contribution is 2.34. The Hall–Kier alpha value is -2.00. The van der Waals surface area contributed by atoms with Crippen LogP contribution in [0.15, 0.2) is 23.1 Å². The molecule has 108 valence electrons. The highest BCUT2D eigenvalue weighted by Gasteiger charge is 2.39. The van der Waals surface area contributed by atoms with Crippen LogP contribution in [0.1, 0.15) is 30.1 Å². The number of nitrogens with two attached hydrogens (primary N) is 1. The van der Waals surface area contributed by atoms with Gasteiger partial charge < -0.3 is 5.32 Å². The molecule has 1 saturated carbocycles. The van der Waals surface area contributed by atoms with Crippen molar-refractivity contribution in [3.63, 3.8) is 0 Å². The number of sulfonamides is 1. The lowest BCUT2D eigenvalue weighted by Crippen LogP contribution is -2.34. The minimum atomic E-state index is -4.13. The fourth-order valence-electron chi connectivity index (χ4n) is 1.64. The number of non-ortho nitro benzene ring substituents is 1. The van der Waals surface area contributed by atoms with Gasteiger partial charge in [-0.05, 0) is 25.8 Å². The molecule has 1 fully saturated rings. The molecule has 0 unspecified atom stereocenters. The summed E-state index contributed by atoms with van der Waals surface area (Å²) in [4.78, 5) is 21.5. The molecule has 0 aliphatic heterocycles. The van der Waals surface area contributed by atoms with Crippen molar-refractivity contribution in [2.45, 2.75) is 30.2 Å². The van der Waals surface area contributed by atoms with E-state index in [1.807, 2.05) is 6.92 Å². The van der Waals surface area contributed by atoms with Gasteiger partial charge in [0.05, 0.1) is 9.82 Å². The number of nitrogens with one attached hydrogen (secondary N) is 1. The quantitative estimate of drug-likeness (QED) is 0.618. The van der Waals surface area contributed by atoms with E-state index in [1.54, 1.807) is 0 Å². The first-order valence-electron chi connectivity index (χ1n) is 5.76. The Bertz CT molecular complexity index is 694. The predicted octanol–water partition coefficient (Wildman–Crippen LogP) is 0.525.